The molecule has 5 rings (SSSR count). The summed E-state index contributed by atoms with van der Waals surface area (Å²) in [6.45, 7) is -0.326. The van der Waals surface area contributed by atoms with E-state index < -0.39 is 40.4 Å². The summed E-state index contributed by atoms with van der Waals surface area (Å²) in [7, 11) is -4.28. The Bertz CT molecular complexity index is 1670. The molecule has 1 amide bonds. The lowest BCUT2D eigenvalue weighted by Crippen LogP contribution is -2.31. The molecule has 0 aliphatic heterocycles. The summed E-state index contributed by atoms with van der Waals surface area (Å²) in [6, 6.07) is 12.5. The first kappa shape index (κ1) is 27.0. The van der Waals surface area contributed by atoms with Gasteiger partial charge in [-0.3, -0.25) is 4.79 Å². The van der Waals surface area contributed by atoms with E-state index in [-0.39, 0.29) is 34.8 Å². The number of carbonyl (C=O) groups is 1. The van der Waals surface area contributed by atoms with Crippen LogP contribution >= 0.6 is 0 Å². The van der Waals surface area contributed by atoms with Crippen molar-refractivity contribution >= 4 is 39.5 Å². The van der Waals surface area contributed by atoms with Gasteiger partial charge in [-0.25, -0.2) is 21.9 Å². The number of hydrogen-bond donors (Lipinski definition) is 4. The van der Waals surface area contributed by atoms with Crippen molar-refractivity contribution in [3.8, 4) is 11.3 Å². The molecule has 1 fully saturated rings. The van der Waals surface area contributed by atoms with Crippen LogP contribution in [0.1, 0.15) is 45.8 Å². The van der Waals surface area contributed by atoms with E-state index in [0.717, 1.165) is 24.5 Å². The van der Waals surface area contributed by atoms with Gasteiger partial charge in [0.05, 0.1) is 11.3 Å². The number of hydrogen-bond acceptors (Lipinski definition) is 6. The van der Waals surface area contributed by atoms with E-state index >= 15 is 0 Å². The number of furan rings is 1. The zero-order chi connectivity index (χ0) is 27.9. The summed E-state index contributed by atoms with van der Waals surface area (Å²) in [4.78, 5) is 12.9. The smallest absolute Gasteiger partial charge is 0.455 e. The predicted molar refractivity (Wildman–Crippen MR) is 143 cm³/mol. The number of amides is 1. The highest BCUT2D eigenvalue weighted by atomic mass is 32.2. The third-order valence-electron chi connectivity index (χ3n) is 6.73. The summed E-state index contributed by atoms with van der Waals surface area (Å²) < 4.78 is 62.4. The normalized spacial score (nSPS) is 13.6. The maximum atomic E-state index is 14.3. The third-order valence-corrected chi connectivity index (χ3v) is 8.01. The zero-order valence-corrected chi connectivity index (χ0v) is 21.7. The number of carbonyl (C=O) groups excluding carboxylic acids is 1. The molecule has 0 saturated heterocycles. The Morgan fingerprint density at radius 3 is 2.38 bits per heavy atom. The standard InChI is InChI=1S/C27H25BF2N2O6S/c1-31-27(33)25-22-12-21(15-2-3-15)18(10-24(22)38-26(25)16-5-8-20(29)9-6-16)14-39(36,37)32-13-17-4-7-19(28(34)35)11-23(17)30/h4-12,15,32,34-35H,2-3,13-14H2,1H3,(H,31,33). The lowest BCUT2D eigenvalue weighted by Gasteiger charge is -2.12. The molecule has 1 aliphatic rings. The minimum atomic E-state index is -3.93. The first-order chi connectivity index (χ1) is 18.6. The summed E-state index contributed by atoms with van der Waals surface area (Å²) in [6.07, 6.45) is 1.75. The molecule has 202 valence electrons. The molecular formula is C27H25BF2N2O6S. The fourth-order valence-electron chi connectivity index (χ4n) is 4.57. The Balaban J connectivity index is 1.49. The van der Waals surface area contributed by atoms with Crippen molar-refractivity contribution in [1.82, 2.24) is 10.0 Å². The number of rotatable bonds is 9. The van der Waals surface area contributed by atoms with Gasteiger partial charge in [-0.2, -0.15) is 0 Å². The zero-order valence-electron chi connectivity index (χ0n) is 20.9. The molecule has 12 heteroatoms. The van der Waals surface area contributed by atoms with Crippen LogP contribution in [0.15, 0.2) is 59.0 Å². The number of nitrogens with one attached hydrogen (secondary N) is 2. The van der Waals surface area contributed by atoms with Crippen molar-refractivity contribution < 1.29 is 36.5 Å². The van der Waals surface area contributed by atoms with Crippen LogP contribution in [0.3, 0.4) is 0 Å². The number of sulfonamides is 1. The van der Waals surface area contributed by atoms with Gasteiger partial charge in [0.2, 0.25) is 10.0 Å². The lowest BCUT2D eigenvalue weighted by molar-refractivity contribution is 0.0964. The topological polar surface area (TPSA) is 129 Å². The molecule has 0 spiro atoms. The predicted octanol–water partition coefficient (Wildman–Crippen LogP) is 2.91. The van der Waals surface area contributed by atoms with Crippen LogP contribution in [0.4, 0.5) is 8.78 Å². The van der Waals surface area contributed by atoms with Gasteiger partial charge in [0.1, 0.15) is 23.0 Å². The molecule has 4 aromatic rings. The van der Waals surface area contributed by atoms with Crippen LogP contribution in [-0.4, -0.2) is 38.5 Å². The SMILES string of the molecule is CNC(=O)c1c(-c2ccc(F)cc2)oc2cc(CS(=O)(=O)NCc3ccc(B(O)O)cc3F)c(C3CC3)cc12. The van der Waals surface area contributed by atoms with Crippen LogP contribution in [0, 0.1) is 11.6 Å². The molecule has 0 atom stereocenters. The van der Waals surface area contributed by atoms with Gasteiger partial charge in [-0.05, 0) is 77.8 Å². The van der Waals surface area contributed by atoms with Gasteiger partial charge >= 0.3 is 7.12 Å². The highest BCUT2D eigenvalue weighted by molar-refractivity contribution is 7.88. The summed E-state index contributed by atoms with van der Waals surface area (Å²) in [5, 5.41) is 21.5. The average Bonchev–Trinajstić information content (AvgIpc) is 3.67. The van der Waals surface area contributed by atoms with E-state index in [1.165, 1.54) is 43.4 Å². The Hall–Kier alpha value is -3.58. The van der Waals surface area contributed by atoms with Crippen molar-refractivity contribution in [3.05, 3.63) is 88.5 Å². The Kier molecular flexibility index (Phi) is 7.30. The molecule has 0 radical (unpaired) electrons. The number of benzene rings is 3. The van der Waals surface area contributed by atoms with E-state index in [1.54, 1.807) is 12.1 Å². The van der Waals surface area contributed by atoms with Crippen LogP contribution in [0.2, 0.25) is 0 Å². The van der Waals surface area contributed by atoms with Crippen LogP contribution in [0.25, 0.3) is 22.3 Å². The van der Waals surface area contributed by atoms with E-state index in [0.29, 0.717) is 22.1 Å². The van der Waals surface area contributed by atoms with Crippen molar-refractivity contribution in [2.24, 2.45) is 0 Å². The first-order valence-corrected chi connectivity index (χ1v) is 13.9. The van der Waals surface area contributed by atoms with E-state index in [2.05, 4.69) is 10.0 Å². The highest BCUT2D eigenvalue weighted by Gasteiger charge is 2.31. The molecular weight excluding hydrogens is 529 g/mol. The second-order valence-corrected chi connectivity index (χ2v) is 11.3. The second kappa shape index (κ2) is 10.5. The van der Waals surface area contributed by atoms with Crippen molar-refractivity contribution in [3.63, 3.8) is 0 Å². The second-order valence-electron chi connectivity index (χ2n) is 9.52. The third kappa shape index (κ3) is 5.74. The van der Waals surface area contributed by atoms with Crippen LogP contribution in [-0.2, 0) is 22.3 Å². The molecule has 1 aromatic heterocycles. The molecule has 3 aromatic carbocycles. The summed E-state index contributed by atoms with van der Waals surface area (Å²) in [5.74, 6) is -1.61. The lowest BCUT2D eigenvalue weighted by atomic mass is 9.80. The van der Waals surface area contributed by atoms with Crippen LogP contribution in [0.5, 0.6) is 0 Å². The molecule has 39 heavy (non-hydrogen) atoms. The molecule has 8 nitrogen and oxygen atoms in total. The van der Waals surface area contributed by atoms with E-state index in [1.807, 2.05) is 0 Å². The van der Waals surface area contributed by atoms with Crippen LogP contribution < -0.4 is 15.5 Å². The maximum absolute atomic E-state index is 14.3. The molecule has 4 N–H and O–H groups in total. The van der Waals surface area contributed by atoms with Gasteiger partial charge in [-0.15, -0.1) is 0 Å². The monoisotopic (exact) mass is 554 g/mol. The number of fused-ring (bicyclic) bond motifs is 1. The molecule has 1 saturated carbocycles. The van der Waals surface area contributed by atoms with Gasteiger partial charge < -0.3 is 19.8 Å². The summed E-state index contributed by atoms with van der Waals surface area (Å²) >= 11 is 0. The quantitative estimate of drug-likeness (QED) is 0.236. The molecule has 1 aliphatic carbocycles. The number of halogens is 2. The minimum absolute atomic E-state index is 0.0453. The first-order valence-electron chi connectivity index (χ1n) is 12.3. The Morgan fingerprint density at radius 2 is 1.77 bits per heavy atom. The van der Waals surface area contributed by atoms with E-state index in [9.17, 15) is 32.0 Å². The van der Waals surface area contributed by atoms with Gasteiger partial charge in [0.15, 0.2) is 0 Å². The largest absolute Gasteiger partial charge is 0.488 e. The van der Waals surface area contributed by atoms with Crippen molar-refractivity contribution in [1.29, 1.82) is 0 Å². The van der Waals surface area contributed by atoms with E-state index in [4.69, 9.17) is 4.42 Å². The summed E-state index contributed by atoms with van der Waals surface area (Å²) in [5.41, 5.74) is 2.38. The molecule has 0 unspecified atom stereocenters. The fourth-order valence-corrected chi connectivity index (χ4v) is 5.70. The van der Waals surface area contributed by atoms with Crippen molar-refractivity contribution in [2.75, 3.05) is 7.05 Å². The molecule has 0 bridgehead atoms. The maximum Gasteiger partial charge on any atom is 0.488 e. The van der Waals surface area contributed by atoms with Gasteiger partial charge in [0.25, 0.3) is 5.91 Å². The molecule has 1 heterocycles. The van der Waals surface area contributed by atoms with Gasteiger partial charge in [-0.1, -0.05) is 12.1 Å². The van der Waals surface area contributed by atoms with Gasteiger partial charge in [0, 0.05) is 30.1 Å². The fraction of sp³-hybridized carbons (Fsp3) is 0.222. The average molecular weight is 554 g/mol. The minimum Gasteiger partial charge on any atom is -0.455 e. The Labute approximate surface area is 223 Å². The highest BCUT2D eigenvalue weighted by Crippen LogP contribution is 2.45. The Morgan fingerprint density at radius 1 is 1.05 bits per heavy atom. The van der Waals surface area contributed by atoms with Crippen molar-refractivity contribution in [2.45, 2.75) is 31.1 Å².